The van der Waals surface area contributed by atoms with Gasteiger partial charge < -0.3 is 14.6 Å². The zero-order valence-corrected chi connectivity index (χ0v) is 18.3. The van der Waals surface area contributed by atoms with Crippen LogP contribution in [0.25, 0.3) is 0 Å². The van der Waals surface area contributed by atoms with Gasteiger partial charge in [0, 0.05) is 18.0 Å². The highest BCUT2D eigenvalue weighted by Crippen LogP contribution is 2.27. The number of furan rings is 1. The summed E-state index contributed by atoms with van der Waals surface area (Å²) in [7, 11) is 0. The summed E-state index contributed by atoms with van der Waals surface area (Å²) in [6.45, 7) is 2.26. The van der Waals surface area contributed by atoms with Crippen LogP contribution in [0.15, 0.2) is 52.5 Å². The Morgan fingerprint density at radius 2 is 1.97 bits per heavy atom. The molecule has 1 aliphatic rings. The van der Waals surface area contributed by atoms with Crippen LogP contribution in [0.2, 0.25) is 0 Å². The lowest BCUT2D eigenvalue weighted by Gasteiger charge is -2.31. The van der Waals surface area contributed by atoms with Gasteiger partial charge in [0.25, 0.3) is 11.8 Å². The molecule has 4 rings (SSSR count). The second kappa shape index (κ2) is 9.87. The number of aryl methyl sites for hydroxylation is 1. The number of carbonyl (C=O) groups is 2. The molecule has 3 aromatic rings. The van der Waals surface area contributed by atoms with E-state index in [1.165, 1.54) is 17.6 Å². The molecule has 31 heavy (non-hydrogen) atoms. The van der Waals surface area contributed by atoms with Gasteiger partial charge in [0.2, 0.25) is 0 Å². The molecule has 0 aliphatic heterocycles. The molecule has 0 bridgehead atoms. The summed E-state index contributed by atoms with van der Waals surface area (Å²) in [5, 5.41) is 8.70. The standard InChI is InChI=1S/C23H26N4O3S/c1-16-9-11-17(12-10-16)14-27(23(29)19-15-31-26-25-19)21(20-8-5-13-30-20)22(28)24-18-6-3-2-4-7-18/h5,8-13,15,18,21H,2-4,6-7,14H2,1H3,(H,24,28)/t21-/m1/s1. The molecule has 1 saturated carbocycles. The molecule has 2 aromatic heterocycles. The summed E-state index contributed by atoms with van der Waals surface area (Å²) in [6, 6.07) is 10.6. The largest absolute Gasteiger partial charge is 0.467 e. The van der Waals surface area contributed by atoms with E-state index < -0.39 is 6.04 Å². The summed E-state index contributed by atoms with van der Waals surface area (Å²) in [5.74, 6) is -0.156. The molecule has 0 spiro atoms. The van der Waals surface area contributed by atoms with E-state index in [4.69, 9.17) is 4.42 Å². The number of rotatable bonds is 7. The minimum atomic E-state index is -0.896. The van der Waals surface area contributed by atoms with Crippen LogP contribution < -0.4 is 5.32 Å². The van der Waals surface area contributed by atoms with Crippen molar-refractivity contribution in [1.82, 2.24) is 19.8 Å². The van der Waals surface area contributed by atoms with Crippen molar-refractivity contribution in [2.45, 2.75) is 57.7 Å². The SMILES string of the molecule is Cc1ccc(CN(C(=O)c2csnn2)[C@@H](C(=O)NC2CCCCC2)c2ccco2)cc1. The highest BCUT2D eigenvalue weighted by Gasteiger charge is 2.36. The molecule has 162 valence electrons. The number of amides is 2. The van der Waals surface area contributed by atoms with Crippen molar-refractivity contribution < 1.29 is 14.0 Å². The fraction of sp³-hybridized carbons (Fsp3) is 0.391. The molecule has 0 saturated heterocycles. The van der Waals surface area contributed by atoms with Crippen molar-refractivity contribution in [3.05, 3.63) is 70.6 Å². The van der Waals surface area contributed by atoms with Gasteiger partial charge in [0.15, 0.2) is 11.7 Å². The number of aromatic nitrogens is 2. The fourth-order valence-electron chi connectivity index (χ4n) is 3.97. The fourth-order valence-corrected chi connectivity index (χ4v) is 4.40. The van der Waals surface area contributed by atoms with E-state index in [1.54, 1.807) is 17.5 Å². The number of hydrogen-bond acceptors (Lipinski definition) is 6. The van der Waals surface area contributed by atoms with E-state index >= 15 is 0 Å². The normalized spacial score (nSPS) is 15.4. The lowest BCUT2D eigenvalue weighted by Crippen LogP contribution is -2.46. The highest BCUT2D eigenvalue weighted by molar-refractivity contribution is 7.03. The third-order valence-electron chi connectivity index (χ3n) is 5.64. The van der Waals surface area contributed by atoms with Crippen LogP contribution in [0.5, 0.6) is 0 Å². The van der Waals surface area contributed by atoms with Crippen molar-refractivity contribution >= 4 is 23.3 Å². The zero-order valence-electron chi connectivity index (χ0n) is 17.5. The molecular weight excluding hydrogens is 412 g/mol. The number of carbonyl (C=O) groups excluding carboxylic acids is 2. The predicted octanol–water partition coefficient (Wildman–Crippen LogP) is 4.27. The summed E-state index contributed by atoms with van der Waals surface area (Å²) >= 11 is 1.11. The van der Waals surface area contributed by atoms with Gasteiger partial charge in [0.1, 0.15) is 5.76 Å². The van der Waals surface area contributed by atoms with Crippen LogP contribution in [0, 0.1) is 6.92 Å². The van der Waals surface area contributed by atoms with E-state index in [2.05, 4.69) is 14.9 Å². The van der Waals surface area contributed by atoms with Crippen molar-refractivity contribution in [3.63, 3.8) is 0 Å². The minimum Gasteiger partial charge on any atom is -0.467 e. The first-order chi connectivity index (χ1) is 15.1. The van der Waals surface area contributed by atoms with Crippen molar-refractivity contribution in [3.8, 4) is 0 Å². The van der Waals surface area contributed by atoms with E-state index in [-0.39, 0.29) is 30.1 Å². The molecule has 0 unspecified atom stereocenters. The van der Waals surface area contributed by atoms with E-state index in [0.29, 0.717) is 5.76 Å². The second-order valence-electron chi connectivity index (χ2n) is 7.97. The van der Waals surface area contributed by atoms with Gasteiger partial charge in [-0.25, -0.2) is 0 Å². The van der Waals surface area contributed by atoms with Crippen LogP contribution in [0.1, 0.15) is 65.5 Å². The maximum absolute atomic E-state index is 13.5. The molecule has 7 nitrogen and oxygen atoms in total. The number of nitrogens with zero attached hydrogens (tertiary/aromatic N) is 3. The maximum atomic E-state index is 13.5. The molecule has 0 radical (unpaired) electrons. The van der Waals surface area contributed by atoms with Gasteiger partial charge in [-0.1, -0.05) is 53.6 Å². The first-order valence-corrected chi connectivity index (χ1v) is 11.4. The lowest BCUT2D eigenvalue weighted by atomic mass is 9.95. The molecule has 1 fully saturated rings. The maximum Gasteiger partial charge on any atom is 0.276 e. The Morgan fingerprint density at radius 3 is 2.61 bits per heavy atom. The molecule has 1 atom stereocenters. The second-order valence-corrected chi connectivity index (χ2v) is 8.58. The third kappa shape index (κ3) is 5.19. The van der Waals surface area contributed by atoms with Gasteiger partial charge >= 0.3 is 0 Å². The van der Waals surface area contributed by atoms with E-state index in [9.17, 15) is 9.59 Å². The van der Waals surface area contributed by atoms with Gasteiger partial charge in [-0.2, -0.15) is 0 Å². The Balaban J connectivity index is 1.67. The monoisotopic (exact) mass is 438 g/mol. The van der Waals surface area contributed by atoms with Crippen LogP contribution in [-0.4, -0.2) is 32.3 Å². The van der Waals surface area contributed by atoms with Gasteiger partial charge in [-0.05, 0) is 49.0 Å². The van der Waals surface area contributed by atoms with Gasteiger partial charge in [-0.15, -0.1) is 5.10 Å². The molecule has 1 N–H and O–H groups in total. The molecule has 1 aromatic carbocycles. The van der Waals surface area contributed by atoms with Crippen LogP contribution >= 0.6 is 11.5 Å². The number of benzene rings is 1. The number of hydrogen-bond donors (Lipinski definition) is 1. The Kier molecular flexibility index (Phi) is 6.76. The average Bonchev–Trinajstić information content (AvgIpc) is 3.50. The van der Waals surface area contributed by atoms with Crippen molar-refractivity contribution in [2.24, 2.45) is 0 Å². The van der Waals surface area contributed by atoms with Gasteiger partial charge in [0.05, 0.1) is 6.26 Å². The molecular formula is C23H26N4O3S. The van der Waals surface area contributed by atoms with E-state index in [1.807, 2.05) is 31.2 Å². The summed E-state index contributed by atoms with van der Waals surface area (Å²) in [5.41, 5.74) is 2.27. The summed E-state index contributed by atoms with van der Waals surface area (Å²) in [6.07, 6.45) is 6.84. The molecule has 2 amide bonds. The average molecular weight is 439 g/mol. The smallest absolute Gasteiger partial charge is 0.276 e. The van der Waals surface area contributed by atoms with Crippen LogP contribution in [0.3, 0.4) is 0 Å². The van der Waals surface area contributed by atoms with Crippen LogP contribution in [0.4, 0.5) is 0 Å². The Hall–Kier alpha value is -3.00. The lowest BCUT2D eigenvalue weighted by molar-refractivity contribution is -0.127. The van der Waals surface area contributed by atoms with Crippen LogP contribution in [-0.2, 0) is 11.3 Å². The molecule has 1 aliphatic carbocycles. The van der Waals surface area contributed by atoms with E-state index in [0.717, 1.165) is 48.3 Å². The van der Waals surface area contributed by atoms with Crippen molar-refractivity contribution in [1.29, 1.82) is 0 Å². The van der Waals surface area contributed by atoms with Crippen molar-refractivity contribution in [2.75, 3.05) is 0 Å². The Bertz CT molecular complexity index is 981. The minimum absolute atomic E-state index is 0.121. The van der Waals surface area contributed by atoms with Gasteiger partial charge in [-0.3, -0.25) is 9.59 Å². The Morgan fingerprint density at radius 1 is 1.19 bits per heavy atom. The first-order valence-electron chi connectivity index (χ1n) is 10.6. The highest BCUT2D eigenvalue weighted by atomic mass is 32.1. The summed E-state index contributed by atoms with van der Waals surface area (Å²) < 4.78 is 9.45. The number of nitrogens with one attached hydrogen (secondary N) is 1. The quantitative estimate of drug-likeness (QED) is 0.595. The summed E-state index contributed by atoms with van der Waals surface area (Å²) in [4.78, 5) is 28.4. The topological polar surface area (TPSA) is 88.3 Å². The predicted molar refractivity (Wildman–Crippen MR) is 117 cm³/mol. The first kappa shape index (κ1) is 21.2. The molecule has 2 heterocycles. The Labute approximate surface area is 185 Å². The molecule has 8 heteroatoms. The zero-order chi connectivity index (χ0) is 21.6. The third-order valence-corrected chi connectivity index (χ3v) is 6.14.